The van der Waals surface area contributed by atoms with Gasteiger partial charge in [-0.25, -0.2) is 5.43 Å². The lowest BCUT2D eigenvalue weighted by Crippen LogP contribution is -2.35. The average Bonchev–Trinajstić information content (AvgIpc) is 2.42. The van der Waals surface area contributed by atoms with Crippen LogP contribution in [0.2, 0.25) is 0 Å². The molecule has 0 unspecified atom stereocenters. The van der Waals surface area contributed by atoms with Gasteiger partial charge in [0.15, 0.2) is 0 Å². The van der Waals surface area contributed by atoms with Crippen molar-refractivity contribution in [2.24, 2.45) is 0 Å². The summed E-state index contributed by atoms with van der Waals surface area (Å²) in [4.78, 5) is 0. The van der Waals surface area contributed by atoms with Crippen LogP contribution in [0, 0.1) is 0 Å². The molecule has 88 valence electrons. The average molecular weight is 228 g/mol. The summed E-state index contributed by atoms with van der Waals surface area (Å²) in [5, 5.41) is 10.9. The van der Waals surface area contributed by atoms with Crippen LogP contribution in [0.15, 0.2) is 60.7 Å². The van der Waals surface area contributed by atoms with Gasteiger partial charge >= 0.3 is 0 Å². The summed E-state index contributed by atoms with van der Waals surface area (Å²) in [7, 11) is 0. The van der Waals surface area contributed by atoms with Crippen molar-refractivity contribution in [2.75, 3.05) is 18.2 Å². The Morgan fingerprint density at radius 3 is 1.71 bits per heavy atom. The fourth-order valence-electron chi connectivity index (χ4n) is 1.65. The zero-order valence-corrected chi connectivity index (χ0v) is 9.58. The number of hydrogen-bond acceptors (Lipinski definition) is 3. The van der Waals surface area contributed by atoms with Crippen molar-refractivity contribution < 1.29 is 5.11 Å². The highest BCUT2D eigenvalue weighted by atomic mass is 16.3. The van der Waals surface area contributed by atoms with Crippen LogP contribution in [0.25, 0.3) is 0 Å². The topological polar surface area (TPSA) is 35.5 Å². The van der Waals surface area contributed by atoms with Crippen LogP contribution in [-0.4, -0.2) is 18.3 Å². The first kappa shape index (κ1) is 11.6. The van der Waals surface area contributed by atoms with Crippen molar-refractivity contribution in [2.45, 2.75) is 0 Å². The van der Waals surface area contributed by atoms with E-state index in [1.165, 1.54) is 0 Å². The molecule has 2 aromatic rings. The van der Waals surface area contributed by atoms with Gasteiger partial charge in [0.2, 0.25) is 0 Å². The maximum atomic E-state index is 8.92. The molecule has 0 spiro atoms. The first-order valence-corrected chi connectivity index (χ1v) is 5.66. The molecule has 0 bridgehead atoms. The Morgan fingerprint density at radius 1 is 0.824 bits per heavy atom. The summed E-state index contributed by atoms with van der Waals surface area (Å²) in [6.45, 7) is 0.625. The van der Waals surface area contributed by atoms with Gasteiger partial charge in [0.05, 0.1) is 18.0 Å². The molecule has 17 heavy (non-hydrogen) atoms. The minimum absolute atomic E-state index is 0.107. The van der Waals surface area contributed by atoms with E-state index in [0.29, 0.717) is 6.54 Å². The molecule has 0 saturated heterocycles. The second kappa shape index (κ2) is 6.03. The Balaban J connectivity index is 2.26. The van der Waals surface area contributed by atoms with Gasteiger partial charge in [0.25, 0.3) is 0 Å². The Morgan fingerprint density at radius 2 is 1.29 bits per heavy atom. The monoisotopic (exact) mass is 228 g/mol. The van der Waals surface area contributed by atoms with Crippen LogP contribution in [-0.2, 0) is 0 Å². The van der Waals surface area contributed by atoms with Crippen molar-refractivity contribution in [3.05, 3.63) is 60.7 Å². The number of benzene rings is 2. The molecule has 3 heteroatoms. The molecule has 0 saturated carbocycles. The molecule has 0 fully saturated rings. The number of nitrogens with zero attached hydrogens (tertiary/aromatic N) is 1. The highest BCUT2D eigenvalue weighted by Gasteiger charge is 2.06. The largest absolute Gasteiger partial charge is 0.395 e. The Hall–Kier alpha value is -1.84. The quantitative estimate of drug-likeness (QED) is 0.771. The molecule has 0 radical (unpaired) electrons. The maximum absolute atomic E-state index is 8.92. The van der Waals surface area contributed by atoms with Crippen molar-refractivity contribution in [3.8, 4) is 0 Å². The predicted octanol–water partition coefficient (Wildman–Crippen LogP) is 2.32. The zero-order valence-electron chi connectivity index (χ0n) is 9.58. The number of anilines is 2. The lowest BCUT2D eigenvalue weighted by atomic mass is 10.2. The van der Waals surface area contributed by atoms with Crippen molar-refractivity contribution in [1.82, 2.24) is 5.43 Å². The summed E-state index contributed by atoms with van der Waals surface area (Å²) in [6.07, 6.45) is 0. The molecule has 2 N–H and O–H groups in total. The lowest BCUT2D eigenvalue weighted by Gasteiger charge is -2.25. The SMILES string of the molecule is OCCNN(c1ccccc1)c1ccccc1. The molecule has 0 heterocycles. The van der Waals surface area contributed by atoms with Gasteiger partial charge in [-0.2, -0.15) is 0 Å². The normalized spacial score (nSPS) is 10.2. The van der Waals surface area contributed by atoms with E-state index in [-0.39, 0.29) is 6.61 Å². The molecule has 0 amide bonds. The third-order valence-electron chi connectivity index (χ3n) is 2.41. The number of aliphatic hydroxyl groups excluding tert-OH is 1. The van der Waals surface area contributed by atoms with Crippen LogP contribution in [0.3, 0.4) is 0 Å². The molecule has 0 aliphatic rings. The number of nitrogens with one attached hydrogen (secondary N) is 1. The summed E-state index contributed by atoms with van der Waals surface area (Å²) in [5.74, 6) is 0. The summed E-state index contributed by atoms with van der Waals surface area (Å²) < 4.78 is 0. The highest BCUT2D eigenvalue weighted by Crippen LogP contribution is 2.21. The third-order valence-corrected chi connectivity index (χ3v) is 2.41. The summed E-state index contributed by atoms with van der Waals surface area (Å²) in [5.41, 5.74) is 5.28. The van der Waals surface area contributed by atoms with Crippen LogP contribution in [0.4, 0.5) is 11.4 Å². The van der Waals surface area contributed by atoms with Crippen LogP contribution in [0.1, 0.15) is 0 Å². The van der Waals surface area contributed by atoms with Gasteiger partial charge in [-0.05, 0) is 24.3 Å². The van der Waals surface area contributed by atoms with Crippen LogP contribution < -0.4 is 10.4 Å². The fraction of sp³-hybridized carbons (Fsp3) is 0.143. The number of hydrogen-bond donors (Lipinski definition) is 2. The minimum atomic E-state index is 0.107. The van der Waals surface area contributed by atoms with Gasteiger partial charge in [-0.15, -0.1) is 0 Å². The van der Waals surface area contributed by atoms with Crippen LogP contribution >= 0.6 is 0 Å². The Labute approximate surface area is 101 Å². The van der Waals surface area contributed by atoms with E-state index in [1.807, 2.05) is 65.7 Å². The molecule has 0 atom stereocenters. The third kappa shape index (κ3) is 3.06. The smallest absolute Gasteiger partial charge is 0.0577 e. The molecule has 0 aliphatic carbocycles. The van der Waals surface area contributed by atoms with Gasteiger partial charge in [-0.1, -0.05) is 36.4 Å². The Kier molecular flexibility index (Phi) is 4.13. The number of hydrazine groups is 1. The standard InChI is InChI=1S/C14H16N2O/c17-12-11-15-16(13-7-3-1-4-8-13)14-9-5-2-6-10-14/h1-10,15,17H,11-12H2. The predicted molar refractivity (Wildman–Crippen MR) is 70.1 cm³/mol. The van der Waals surface area contributed by atoms with Crippen molar-refractivity contribution >= 4 is 11.4 Å². The fourth-order valence-corrected chi connectivity index (χ4v) is 1.65. The number of aliphatic hydroxyl groups is 1. The van der Waals surface area contributed by atoms with E-state index in [9.17, 15) is 0 Å². The number of rotatable bonds is 5. The molecular formula is C14H16N2O. The van der Waals surface area contributed by atoms with E-state index in [2.05, 4.69) is 5.43 Å². The summed E-state index contributed by atoms with van der Waals surface area (Å²) >= 11 is 0. The Bertz CT molecular complexity index is 391. The molecule has 2 rings (SSSR count). The zero-order chi connectivity index (χ0) is 11.9. The lowest BCUT2D eigenvalue weighted by molar-refractivity contribution is 0.293. The van der Waals surface area contributed by atoms with E-state index in [0.717, 1.165) is 11.4 Å². The van der Waals surface area contributed by atoms with Crippen molar-refractivity contribution in [3.63, 3.8) is 0 Å². The van der Waals surface area contributed by atoms with E-state index >= 15 is 0 Å². The molecule has 2 aromatic carbocycles. The highest BCUT2D eigenvalue weighted by molar-refractivity contribution is 5.61. The molecule has 0 aliphatic heterocycles. The second-order valence-electron chi connectivity index (χ2n) is 3.64. The minimum Gasteiger partial charge on any atom is -0.395 e. The maximum Gasteiger partial charge on any atom is 0.0577 e. The van der Waals surface area contributed by atoms with Crippen molar-refractivity contribution in [1.29, 1.82) is 0 Å². The van der Waals surface area contributed by atoms with E-state index in [1.54, 1.807) is 0 Å². The first-order chi connectivity index (χ1) is 8.42. The van der Waals surface area contributed by atoms with E-state index in [4.69, 9.17) is 5.11 Å². The molecule has 3 nitrogen and oxygen atoms in total. The first-order valence-electron chi connectivity index (χ1n) is 5.66. The molecular weight excluding hydrogens is 212 g/mol. The van der Waals surface area contributed by atoms with Gasteiger partial charge in [0.1, 0.15) is 0 Å². The van der Waals surface area contributed by atoms with E-state index < -0.39 is 0 Å². The van der Waals surface area contributed by atoms with Gasteiger partial charge in [-0.3, -0.25) is 5.01 Å². The molecule has 0 aromatic heterocycles. The second-order valence-corrected chi connectivity index (χ2v) is 3.64. The van der Waals surface area contributed by atoms with Crippen LogP contribution in [0.5, 0.6) is 0 Å². The number of para-hydroxylation sites is 2. The summed E-state index contributed by atoms with van der Waals surface area (Å²) in [6, 6.07) is 20.0. The van der Waals surface area contributed by atoms with Gasteiger partial charge in [0, 0.05) is 6.54 Å². The van der Waals surface area contributed by atoms with Gasteiger partial charge < -0.3 is 5.11 Å².